The van der Waals surface area contributed by atoms with Crippen molar-refractivity contribution in [2.45, 2.75) is 94.1 Å². The predicted octanol–water partition coefficient (Wildman–Crippen LogP) is 2.89. The molecule has 0 amide bonds. The van der Waals surface area contributed by atoms with Gasteiger partial charge in [0, 0.05) is 24.3 Å². The summed E-state index contributed by atoms with van der Waals surface area (Å²) in [5.41, 5.74) is -1.83. The number of fused-ring (bicyclic) bond motifs is 3. The van der Waals surface area contributed by atoms with Crippen LogP contribution in [0.25, 0.3) is 0 Å². The average molecular weight is 443 g/mol. The molecule has 32 heavy (non-hydrogen) atoms. The van der Waals surface area contributed by atoms with E-state index >= 15 is 0 Å². The van der Waals surface area contributed by atoms with Gasteiger partial charge in [-0.15, -0.1) is 0 Å². The number of hydrogen-bond donors (Lipinski definition) is 1. The number of ether oxygens (including phenoxy) is 3. The molecule has 7 aliphatic rings. The highest BCUT2D eigenvalue weighted by Crippen LogP contribution is 2.73. The van der Waals surface area contributed by atoms with Crippen molar-refractivity contribution in [1.82, 2.24) is 0 Å². The molecule has 7 nitrogen and oxygen atoms in total. The van der Waals surface area contributed by atoms with Crippen LogP contribution in [0.2, 0.25) is 0 Å². The molecule has 4 heterocycles. The van der Waals surface area contributed by atoms with E-state index in [0.29, 0.717) is 6.42 Å². The largest absolute Gasteiger partial charge is 0.431 e. The van der Waals surface area contributed by atoms with Crippen molar-refractivity contribution in [3.05, 3.63) is 34.4 Å². The van der Waals surface area contributed by atoms with Gasteiger partial charge in [-0.2, -0.15) is 0 Å². The highest BCUT2D eigenvalue weighted by Gasteiger charge is 2.77. The van der Waals surface area contributed by atoms with E-state index in [1.165, 1.54) is 6.07 Å². The molecule has 0 radical (unpaired) electrons. The van der Waals surface area contributed by atoms with Crippen molar-refractivity contribution in [3.8, 4) is 0 Å². The Bertz CT molecular complexity index is 1000. The van der Waals surface area contributed by atoms with E-state index in [1.807, 2.05) is 6.07 Å². The molecule has 0 unspecified atom stereocenters. The zero-order valence-corrected chi connectivity index (χ0v) is 18.3. The van der Waals surface area contributed by atoms with Gasteiger partial charge in [0.1, 0.15) is 6.29 Å². The molecule has 7 fully saturated rings. The maximum Gasteiger partial charge on any atom is 0.335 e. The second kappa shape index (κ2) is 6.12. The summed E-state index contributed by atoms with van der Waals surface area (Å²) in [4.78, 5) is 24.5. The number of aldehydes is 1. The van der Waals surface area contributed by atoms with Crippen LogP contribution in [0.4, 0.5) is 0 Å². The number of aliphatic hydroxyl groups is 1. The zero-order chi connectivity index (χ0) is 21.9. The normalized spacial score (nSPS) is 55.2. The topological polar surface area (TPSA) is 95.2 Å². The van der Waals surface area contributed by atoms with E-state index in [1.54, 1.807) is 6.26 Å². The number of carbonyl (C=O) groups is 1. The molecule has 8 rings (SSSR count). The number of hydrogen-bond acceptors (Lipinski definition) is 7. The van der Waals surface area contributed by atoms with Crippen LogP contribution < -0.4 is 5.63 Å². The lowest BCUT2D eigenvalue weighted by molar-refractivity contribution is -0.492. The Morgan fingerprint density at radius 2 is 1.94 bits per heavy atom. The quantitative estimate of drug-likeness (QED) is 0.704. The highest BCUT2D eigenvalue weighted by atomic mass is 16.9. The van der Waals surface area contributed by atoms with Gasteiger partial charge in [0.15, 0.2) is 0 Å². The van der Waals surface area contributed by atoms with E-state index < -0.39 is 23.1 Å². The first-order valence-corrected chi connectivity index (χ1v) is 12.1. The molecule has 3 aliphatic heterocycles. The Kier molecular flexibility index (Phi) is 3.80. The average Bonchev–Trinajstić information content (AvgIpc) is 3.05. The van der Waals surface area contributed by atoms with Crippen molar-refractivity contribution in [2.24, 2.45) is 22.7 Å². The Balaban J connectivity index is 1.30. The summed E-state index contributed by atoms with van der Waals surface area (Å²) in [7, 11) is 0. The second-order valence-electron chi connectivity index (χ2n) is 11.4. The van der Waals surface area contributed by atoms with Crippen molar-refractivity contribution in [3.63, 3.8) is 0 Å². The molecule has 172 valence electrons. The molecule has 1 aromatic heterocycles. The molecule has 4 bridgehead atoms. The Labute approximate surface area is 186 Å². The first kappa shape index (κ1) is 19.9. The maximum atomic E-state index is 13.0. The lowest BCUT2D eigenvalue weighted by Crippen LogP contribution is -2.79. The van der Waals surface area contributed by atoms with Crippen LogP contribution in [0, 0.1) is 22.7 Å². The van der Waals surface area contributed by atoms with Gasteiger partial charge in [0.05, 0.1) is 35.1 Å². The van der Waals surface area contributed by atoms with E-state index in [-0.39, 0.29) is 41.0 Å². The Morgan fingerprint density at radius 3 is 2.69 bits per heavy atom. The molecular formula is C25H30O7. The van der Waals surface area contributed by atoms with Crippen LogP contribution >= 0.6 is 0 Å². The van der Waals surface area contributed by atoms with Crippen LogP contribution in [0.5, 0.6) is 0 Å². The zero-order valence-electron chi connectivity index (χ0n) is 18.3. The highest BCUT2D eigenvalue weighted by molar-refractivity contribution is 5.66. The van der Waals surface area contributed by atoms with Crippen LogP contribution in [0.1, 0.15) is 69.8 Å². The van der Waals surface area contributed by atoms with Crippen LogP contribution in [-0.4, -0.2) is 41.3 Å². The lowest BCUT2D eigenvalue weighted by Gasteiger charge is -2.71. The van der Waals surface area contributed by atoms with E-state index in [0.717, 1.165) is 56.8 Å². The summed E-state index contributed by atoms with van der Waals surface area (Å²) in [5.74, 6) is 0.174. The third-order valence-corrected chi connectivity index (χ3v) is 10.7. The van der Waals surface area contributed by atoms with E-state index in [4.69, 9.17) is 18.6 Å². The van der Waals surface area contributed by atoms with Gasteiger partial charge in [-0.25, -0.2) is 4.79 Å². The SMILES string of the molecule is C[C@]12CC[C@@H]3[C@H](CC[C@@]45C[C@@H]6C[C@@H](O[C@@H](O6)O4)[C@]35C=O)[C@@]1(O)CC[C@@H]2c1ccc(=O)oc1. The number of carbonyl (C=O) groups excluding carboxylic acids is 1. The van der Waals surface area contributed by atoms with E-state index in [9.17, 15) is 14.7 Å². The van der Waals surface area contributed by atoms with Gasteiger partial charge < -0.3 is 28.5 Å². The molecule has 3 saturated heterocycles. The van der Waals surface area contributed by atoms with Gasteiger partial charge in [0.25, 0.3) is 6.48 Å². The van der Waals surface area contributed by atoms with Gasteiger partial charge in [-0.05, 0) is 67.9 Å². The Morgan fingerprint density at radius 1 is 1.09 bits per heavy atom. The summed E-state index contributed by atoms with van der Waals surface area (Å²) in [5, 5.41) is 12.4. The minimum Gasteiger partial charge on any atom is -0.431 e. The molecule has 0 aromatic carbocycles. The Hall–Kier alpha value is -1.54. The van der Waals surface area contributed by atoms with Gasteiger partial charge in [0.2, 0.25) is 0 Å². The summed E-state index contributed by atoms with van der Waals surface area (Å²) >= 11 is 0. The molecule has 4 saturated carbocycles. The fraction of sp³-hybridized carbons (Fsp3) is 0.760. The molecule has 10 atom stereocenters. The van der Waals surface area contributed by atoms with Gasteiger partial charge >= 0.3 is 5.63 Å². The number of rotatable bonds is 2. The van der Waals surface area contributed by atoms with E-state index in [2.05, 4.69) is 6.92 Å². The van der Waals surface area contributed by atoms with Gasteiger partial charge in [-0.3, -0.25) is 0 Å². The fourth-order valence-electron chi connectivity index (χ4n) is 9.33. The predicted molar refractivity (Wildman–Crippen MR) is 111 cm³/mol. The van der Waals surface area contributed by atoms with Crippen molar-refractivity contribution < 1.29 is 28.5 Å². The molecule has 1 N–H and O–H groups in total. The van der Waals surface area contributed by atoms with Crippen LogP contribution in [0.3, 0.4) is 0 Å². The molecule has 4 aliphatic carbocycles. The first-order chi connectivity index (χ1) is 15.4. The summed E-state index contributed by atoms with van der Waals surface area (Å²) < 4.78 is 23.4. The lowest BCUT2D eigenvalue weighted by atomic mass is 9.40. The minimum absolute atomic E-state index is 0.0171. The molecular weight excluding hydrogens is 412 g/mol. The monoisotopic (exact) mass is 442 g/mol. The van der Waals surface area contributed by atoms with Crippen molar-refractivity contribution in [2.75, 3.05) is 0 Å². The molecule has 1 aromatic rings. The third-order valence-electron chi connectivity index (χ3n) is 10.7. The fourth-order valence-corrected chi connectivity index (χ4v) is 9.33. The third kappa shape index (κ3) is 2.08. The van der Waals surface area contributed by atoms with Crippen LogP contribution in [0.15, 0.2) is 27.6 Å². The summed E-state index contributed by atoms with van der Waals surface area (Å²) in [6.07, 6.45) is 8.88. The maximum absolute atomic E-state index is 13.0. The summed E-state index contributed by atoms with van der Waals surface area (Å²) in [6.45, 7) is 1.54. The standard InChI is InChI=1S/C25H30O7/c1-22-7-4-17-18(25(22,28)9-6-16(22)14-2-3-20(27)29-12-14)5-8-23-11-15-10-19(24(17,23)13-26)31-21(30-15)32-23/h2-3,12-13,15-19,21,28H,4-11H2,1H3/t15-,16+,17+,18-,19+,21+,22+,23-,24-,25-/m0/s1. The van der Waals surface area contributed by atoms with Crippen molar-refractivity contribution in [1.29, 1.82) is 0 Å². The molecule has 1 spiro atoms. The second-order valence-corrected chi connectivity index (χ2v) is 11.4. The van der Waals surface area contributed by atoms with Crippen molar-refractivity contribution >= 4 is 6.29 Å². The van der Waals surface area contributed by atoms with Gasteiger partial charge in [-0.1, -0.05) is 6.92 Å². The smallest absolute Gasteiger partial charge is 0.335 e. The minimum atomic E-state index is -0.875. The molecule has 7 heteroatoms. The summed E-state index contributed by atoms with van der Waals surface area (Å²) in [6, 6.07) is 3.32. The first-order valence-electron chi connectivity index (χ1n) is 12.1. The van der Waals surface area contributed by atoms with Crippen LogP contribution in [-0.2, 0) is 19.0 Å².